The van der Waals surface area contributed by atoms with Gasteiger partial charge in [0.15, 0.2) is 0 Å². The Balaban J connectivity index is 1.63. The summed E-state index contributed by atoms with van der Waals surface area (Å²) in [5, 5.41) is 12.9. The van der Waals surface area contributed by atoms with Crippen LogP contribution < -0.4 is 10.2 Å². The van der Waals surface area contributed by atoms with E-state index in [0.717, 1.165) is 36.0 Å². The molecule has 1 atom stereocenters. The van der Waals surface area contributed by atoms with Gasteiger partial charge in [0, 0.05) is 12.2 Å². The third kappa shape index (κ3) is 6.99. The van der Waals surface area contributed by atoms with E-state index in [4.69, 9.17) is 0 Å². The highest BCUT2D eigenvalue weighted by Crippen LogP contribution is 2.42. The van der Waals surface area contributed by atoms with E-state index in [1.165, 1.54) is 17.3 Å². The highest BCUT2D eigenvalue weighted by atomic mass is 32.2. The second kappa shape index (κ2) is 13.3. The predicted octanol–water partition coefficient (Wildman–Crippen LogP) is 6.90. The number of hydrogen-bond acceptors (Lipinski definition) is 4. The lowest BCUT2D eigenvalue weighted by Crippen LogP contribution is -2.32. The number of carbonyl (C=O) groups is 2. The van der Waals surface area contributed by atoms with Gasteiger partial charge >= 0.3 is 0 Å². The van der Waals surface area contributed by atoms with Gasteiger partial charge in [-0.05, 0) is 59.6 Å². The number of rotatable bonds is 10. The normalized spacial score (nSPS) is 16.3. The summed E-state index contributed by atoms with van der Waals surface area (Å²) in [5.41, 5.74) is 5.06. The lowest BCUT2D eigenvalue weighted by molar-refractivity contribution is -0.117. The fraction of sp³-hybridized carbons (Fsp3) is 0.303. The van der Waals surface area contributed by atoms with Gasteiger partial charge in [0.1, 0.15) is 16.7 Å². The summed E-state index contributed by atoms with van der Waals surface area (Å²) in [4.78, 5) is 28.6. The molecule has 3 aromatic rings. The summed E-state index contributed by atoms with van der Waals surface area (Å²) >= 11 is 1.30. The van der Waals surface area contributed by atoms with Crippen molar-refractivity contribution in [3.8, 4) is 6.07 Å². The second-order valence-electron chi connectivity index (χ2n) is 10.1. The van der Waals surface area contributed by atoms with Crippen LogP contribution in [-0.4, -0.2) is 17.1 Å². The van der Waals surface area contributed by atoms with Gasteiger partial charge in [-0.15, -0.1) is 0 Å². The highest BCUT2D eigenvalue weighted by molar-refractivity contribution is 8.05. The minimum Gasteiger partial charge on any atom is -0.347 e. The number of carbonyl (C=O) groups excluding carboxylic acids is 2. The van der Waals surface area contributed by atoms with E-state index in [-0.39, 0.29) is 11.5 Å². The zero-order valence-electron chi connectivity index (χ0n) is 22.8. The molecule has 1 aliphatic rings. The van der Waals surface area contributed by atoms with Crippen LogP contribution in [-0.2, 0) is 29.0 Å². The van der Waals surface area contributed by atoms with E-state index >= 15 is 0 Å². The van der Waals surface area contributed by atoms with Crippen LogP contribution in [0.15, 0.2) is 89.5 Å². The molecule has 0 radical (unpaired) electrons. The van der Waals surface area contributed by atoms with E-state index < -0.39 is 11.2 Å². The summed E-state index contributed by atoms with van der Waals surface area (Å²) in [6.45, 7) is 6.72. The average Bonchev–Trinajstić information content (AvgIpc) is 3.27. The Morgan fingerprint density at radius 3 is 2.26 bits per heavy atom. The number of thioether (sulfide) groups is 1. The molecular weight excluding hydrogens is 502 g/mol. The number of nitriles is 1. The van der Waals surface area contributed by atoms with Crippen LogP contribution in [0.1, 0.15) is 61.8 Å². The molecule has 1 heterocycles. The monoisotopic (exact) mass is 537 g/mol. The Morgan fingerprint density at radius 2 is 1.64 bits per heavy atom. The van der Waals surface area contributed by atoms with Crippen molar-refractivity contribution in [2.45, 2.75) is 64.2 Å². The number of aryl methyl sites for hydroxylation is 1. The van der Waals surface area contributed by atoms with Crippen LogP contribution in [0.4, 0.5) is 5.69 Å². The summed E-state index contributed by atoms with van der Waals surface area (Å²) in [6.07, 6.45) is 3.87. The van der Waals surface area contributed by atoms with Crippen molar-refractivity contribution < 1.29 is 9.59 Å². The van der Waals surface area contributed by atoms with E-state index in [2.05, 4.69) is 56.4 Å². The Labute approximate surface area is 235 Å². The van der Waals surface area contributed by atoms with E-state index in [1.807, 2.05) is 54.6 Å². The SMILES string of the molecule is CCCCc1ccc(CC2S/C(=C(/C#N)C(=O)NCc3ccccc3)N(c3ccc(C(C)C)cc3)C2=O)cc1. The standard InChI is InChI=1S/C33H35N3O2S/c1-4-5-9-24-12-14-25(15-13-24)20-30-32(38)36(28-18-16-27(17-19-28)23(2)3)33(39-30)29(21-34)31(37)35-22-26-10-7-6-8-11-26/h6-8,10-19,23,30H,4-5,9,20,22H2,1-3H3,(H,35,37)/b33-29-. The zero-order chi connectivity index (χ0) is 27.8. The van der Waals surface area contributed by atoms with Crippen molar-refractivity contribution in [2.24, 2.45) is 0 Å². The Kier molecular flexibility index (Phi) is 9.62. The first kappa shape index (κ1) is 28.2. The molecule has 0 spiro atoms. The predicted molar refractivity (Wildman–Crippen MR) is 159 cm³/mol. The molecule has 1 saturated heterocycles. The number of unbranched alkanes of at least 4 members (excludes halogenated alkanes) is 1. The number of amides is 2. The van der Waals surface area contributed by atoms with Crippen molar-refractivity contribution in [1.82, 2.24) is 5.32 Å². The minimum atomic E-state index is -0.485. The molecule has 39 heavy (non-hydrogen) atoms. The van der Waals surface area contributed by atoms with Crippen LogP contribution >= 0.6 is 11.8 Å². The van der Waals surface area contributed by atoms with Crippen LogP contribution in [0.3, 0.4) is 0 Å². The summed E-state index contributed by atoms with van der Waals surface area (Å²) in [6, 6.07) is 27.9. The minimum absolute atomic E-state index is 0.0466. The molecule has 0 bridgehead atoms. The molecule has 1 N–H and O–H groups in total. The van der Waals surface area contributed by atoms with Gasteiger partial charge in [-0.2, -0.15) is 5.26 Å². The molecule has 1 aliphatic heterocycles. The highest BCUT2D eigenvalue weighted by Gasteiger charge is 2.40. The van der Waals surface area contributed by atoms with Gasteiger partial charge in [-0.3, -0.25) is 14.5 Å². The summed E-state index contributed by atoms with van der Waals surface area (Å²) in [7, 11) is 0. The zero-order valence-corrected chi connectivity index (χ0v) is 23.6. The molecule has 1 fully saturated rings. The Morgan fingerprint density at radius 1 is 0.974 bits per heavy atom. The molecule has 0 aromatic heterocycles. The first-order chi connectivity index (χ1) is 18.9. The summed E-state index contributed by atoms with van der Waals surface area (Å²) in [5.74, 6) is -0.253. The fourth-order valence-electron chi connectivity index (χ4n) is 4.53. The molecule has 3 aromatic carbocycles. The molecule has 0 aliphatic carbocycles. The van der Waals surface area contributed by atoms with Crippen molar-refractivity contribution >= 4 is 29.3 Å². The van der Waals surface area contributed by atoms with Gasteiger partial charge in [-0.1, -0.05) is 106 Å². The van der Waals surface area contributed by atoms with E-state index in [1.54, 1.807) is 4.90 Å². The third-order valence-corrected chi connectivity index (χ3v) is 8.15. The number of hydrogen-bond donors (Lipinski definition) is 1. The van der Waals surface area contributed by atoms with Gasteiger partial charge < -0.3 is 5.32 Å². The maximum absolute atomic E-state index is 13.8. The lowest BCUT2D eigenvalue weighted by Gasteiger charge is -2.19. The van der Waals surface area contributed by atoms with Crippen LogP contribution in [0.2, 0.25) is 0 Å². The Bertz CT molecular complexity index is 1360. The quantitative estimate of drug-likeness (QED) is 0.226. The van der Waals surface area contributed by atoms with Crippen molar-refractivity contribution in [1.29, 1.82) is 5.26 Å². The van der Waals surface area contributed by atoms with Crippen LogP contribution in [0.25, 0.3) is 0 Å². The van der Waals surface area contributed by atoms with Crippen LogP contribution in [0.5, 0.6) is 0 Å². The lowest BCUT2D eigenvalue weighted by atomic mass is 10.0. The van der Waals surface area contributed by atoms with Gasteiger partial charge in [0.2, 0.25) is 5.91 Å². The maximum Gasteiger partial charge on any atom is 0.264 e. The average molecular weight is 538 g/mol. The molecule has 0 saturated carbocycles. The van der Waals surface area contributed by atoms with Crippen molar-refractivity contribution in [2.75, 3.05) is 4.90 Å². The molecule has 4 rings (SSSR count). The van der Waals surface area contributed by atoms with Crippen molar-refractivity contribution in [3.63, 3.8) is 0 Å². The maximum atomic E-state index is 13.8. The van der Waals surface area contributed by atoms with E-state index in [0.29, 0.717) is 29.6 Å². The first-order valence-electron chi connectivity index (χ1n) is 13.6. The van der Waals surface area contributed by atoms with E-state index in [9.17, 15) is 14.9 Å². The largest absolute Gasteiger partial charge is 0.347 e. The third-order valence-electron chi connectivity index (χ3n) is 6.88. The summed E-state index contributed by atoms with van der Waals surface area (Å²) < 4.78 is 0. The van der Waals surface area contributed by atoms with Gasteiger partial charge in [0.05, 0.1) is 5.25 Å². The number of benzene rings is 3. The Hall–Kier alpha value is -3.82. The molecule has 1 unspecified atom stereocenters. The molecule has 2 amide bonds. The van der Waals surface area contributed by atoms with Gasteiger partial charge in [-0.25, -0.2) is 0 Å². The van der Waals surface area contributed by atoms with Gasteiger partial charge in [0.25, 0.3) is 5.91 Å². The molecule has 6 heteroatoms. The molecule has 200 valence electrons. The van der Waals surface area contributed by atoms with Crippen molar-refractivity contribution in [3.05, 3.63) is 112 Å². The molecular formula is C33H35N3O2S. The number of nitrogens with zero attached hydrogens (tertiary/aromatic N) is 2. The fourth-order valence-corrected chi connectivity index (χ4v) is 5.84. The molecule has 5 nitrogen and oxygen atoms in total. The number of anilines is 1. The number of nitrogens with one attached hydrogen (secondary N) is 1. The first-order valence-corrected chi connectivity index (χ1v) is 14.4. The smallest absolute Gasteiger partial charge is 0.264 e. The second-order valence-corrected chi connectivity index (χ2v) is 11.3. The van der Waals surface area contributed by atoms with Crippen LogP contribution in [0, 0.1) is 11.3 Å². The topological polar surface area (TPSA) is 73.2 Å².